The smallest absolute Gasteiger partial charge is 0.330 e. The van der Waals surface area contributed by atoms with Crippen LogP contribution >= 0.6 is 0 Å². The Hall–Kier alpha value is -0.360. The van der Waals surface area contributed by atoms with Crippen LogP contribution < -0.4 is 5.32 Å². The molecule has 2 nitrogen and oxygen atoms in total. The molecule has 0 bridgehead atoms. The highest BCUT2D eigenvalue weighted by Gasteiger charge is 2.41. The minimum Gasteiger partial charge on any atom is -0.373 e. The van der Waals surface area contributed by atoms with Crippen LogP contribution in [-0.2, 0) is 4.74 Å². The molecule has 1 fully saturated rings. The summed E-state index contributed by atoms with van der Waals surface area (Å²) in [6.45, 7) is 1.50. The largest absolute Gasteiger partial charge is 0.373 e. The molecule has 0 aromatic carbocycles. The van der Waals surface area contributed by atoms with Gasteiger partial charge in [-0.05, 0) is 25.3 Å². The molecule has 0 amide bonds. The molecule has 1 aliphatic rings. The molecule has 0 aromatic rings. The van der Waals surface area contributed by atoms with Crippen molar-refractivity contribution in [1.29, 1.82) is 0 Å². The summed E-state index contributed by atoms with van der Waals surface area (Å²) in [7, 11) is 0. The summed E-state index contributed by atoms with van der Waals surface area (Å²) in [6, 6.07) is 0.00206. The molecule has 1 atom stereocenters. The van der Waals surface area contributed by atoms with Gasteiger partial charge in [0.25, 0.3) is 0 Å². The highest BCUT2D eigenvalue weighted by atomic mass is 19.3. The fraction of sp³-hybridized carbons (Fsp3) is 1.00. The maximum absolute atomic E-state index is 12.6. The van der Waals surface area contributed by atoms with Crippen LogP contribution in [0.5, 0.6) is 0 Å². The van der Waals surface area contributed by atoms with Crippen LogP contribution in [0.15, 0.2) is 0 Å². The molecule has 102 valence electrons. The van der Waals surface area contributed by atoms with Crippen LogP contribution in [-0.4, -0.2) is 38.1 Å². The predicted molar refractivity (Wildman–Crippen MR) is 56.6 cm³/mol. The Morgan fingerprint density at radius 2 is 2.00 bits per heavy atom. The lowest BCUT2D eigenvalue weighted by Gasteiger charge is -2.34. The lowest BCUT2D eigenvalue weighted by molar-refractivity contribution is -0.168. The molecule has 1 saturated carbocycles. The Labute approximate surface area is 98.7 Å². The van der Waals surface area contributed by atoms with Gasteiger partial charge >= 0.3 is 12.3 Å². The Morgan fingerprint density at radius 1 is 1.35 bits per heavy atom. The zero-order chi connectivity index (χ0) is 12.9. The highest BCUT2D eigenvalue weighted by molar-refractivity contribution is 4.82. The minimum atomic E-state index is -4.05. The molecule has 1 N–H and O–H groups in total. The van der Waals surface area contributed by atoms with E-state index in [2.05, 4.69) is 5.32 Å². The van der Waals surface area contributed by atoms with Crippen molar-refractivity contribution < 1.29 is 22.3 Å². The highest BCUT2D eigenvalue weighted by Crippen LogP contribution is 2.30. The number of halogens is 4. The van der Waals surface area contributed by atoms with E-state index < -0.39 is 19.0 Å². The molecule has 0 spiro atoms. The maximum Gasteiger partial charge on any atom is 0.330 e. The summed E-state index contributed by atoms with van der Waals surface area (Å²) in [6.07, 6.45) is -0.429. The van der Waals surface area contributed by atoms with Crippen molar-refractivity contribution in [3.05, 3.63) is 0 Å². The molecular formula is C11H19F4NO. The van der Waals surface area contributed by atoms with Gasteiger partial charge < -0.3 is 10.1 Å². The monoisotopic (exact) mass is 257 g/mol. The summed E-state index contributed by atoms with van der Waals surface area (Å²) in [5, 5.41) is 3.14. The van der Waals surface area contributed by atoms with E-state index in [1.54, 1.807) is 0 Å². The van der Waals surface area contributed by atoms with Gasteiger partial charge in [0.1, 0.15) is 6.61 Å². The van der Waals surface area contributed by atoms with Crippen molar-refractivity contribution in [1.82, 2.24) is 5.32 Å². The Balaban J connectivity index is 2.26. The van der Waals surface area contributed by atoms with Crippen LogP contribution in [0.3, 0.4) is 0 Å². The van der Waals surface area contributed by atoms with Gasteiger partial charge in [0, 0.05) is 6.04 Å². The summed E-state index contributed by atoms with van der Waals surface area (Å²) in [5.74, 6) is -3.62. The molecule has 0 aromatic heterocycles. The predicted octanol–water partition coefficient (Wildman–Crippen LogP) is 2.68. The standard InChI is InChI=1S/C11H19F4NO/c1-2-16-9(8-4-3-5-8)6-17-7-11(14,15)10(12)13/h8-10,16H,2-7H2,1H3. The van der Waals surface area contributed by atoms with Crippen molar-refractivity contribution >= 4 is 0 Å². The van der Waals surface area contributed by atoms with E-state index in [9.17, 15) is 17.6 Å². The van der Waals surface area contributed by atoms with Gasteiger partial charge in [0.05, 0.1) is 6.61 Å². The number of likely N-dealkylation sites (N-methyl/N-ethyl adjacent to an activating group) is 1. The topological polar surface area (TPSA) is 21.3 Å². The number of hydrogen-bond donors (Lipinski definition) is 1. The second-order valence-electron chi connectivity index (χ2n) is 4.43. The minimum absolute atomic E-state index is 0.00206. The van der Waals surface area contributed by atoms with Crippen molar-refractivity contribution in [2.24, 2.45) is 5.92 Å². The van der Waals surface area contributed by atoms with Gasteiger partial charge in [-0.25, -0.2) is 8.78 Å². The second-order valence-corrected chi connectivity index (χ2v) is 4.43. The van der Waals surface area contributed by atoms with E-state index in [4.69, 9.17) is 4.74 Å². The van der Waals surface area contributed by atoms with E-state index in [-0.39, 0.29) is 12.6 Å². The fourth-order valence-corrected chi connectivity index (χ4v) is 1.85. The van der Waals surface area contributed by atoms with Crippen LogP contribution in [0.2, 0.25) is 0 Å². The Morgan fingerprint density at radius 3 is 2.41 bits per heavy atom. The first kappa shape index (κ1) is 14.7. The first-order chi connectivity index (χ1) is 7.97. The normalized spacial score (nSPS) is 19.4. The number of alkyl halides is 4. The summed E-state index contributed by atoms with van der Waals surface area (Å²) in [5.41, 5.74) is 0. The van der Waals surface area contributed by atoms with Gasteiger partial charge in [-0.1, -0.05) is 13.3 Å². The molecule has 17 heavy (non-hydrogen) atoms. The summed E-state index contributed by atoms with van der Waals surface area (Å²) < 4.78 is 53.7. The first-order valence-corrected chi connectivity index (χ1v) is 5.94. The SMILES string of the molecule is CCNC(COCC(F)(F)C(F)F)C1CCC1. The van der Waals surface area contributed by atoms with E-state index >= 15 is 0 Å². The van der Waals surface area contributed by atoms with Crippen LogP contribution in [0.1, 0.15) is 26.2 Å². The summed E-state index contributed by atoms with van der Waals surface area (Å²) >= 11 is 0. The van der Waals surface area contributed by atoms with Crippen LogP contribution in [0.25, 0.3) is 0 Å². The van der Waals surface area contributed by atoms with Gasteiger partial charge in [-0.15, -0.1) is 0 Å². The van der Waals surface area contributed by atoms with Crippen molar-refractivity contribution in [3.8, 4) is 0 Å². The van der Waals surface area contributed by atoms with Crippen molar-refractivity contribution in [2.75, 3.05) is 19.8 Å². The molecule has 1 aliphatic carbocycles. The number of ether oxygens (including phenoxy) is 1. The number of nitrogens with one attached hydrogen (secondary N) is 1. The third-order valence-electron chi connectivity index (χ3n) is 3.10. The molecule has 1 rings (SSSR count). The maximum atomic E-state index is 12.6. The number of hydrogen-bond acceptors (Lipinski definition) is 2. The van der Waals surface area contributed by atoms with Crippen molar-refractivity contribution in [2.45, 2.75) is 44.6 Å². The molecule has 0 aliphatic heterocycles. The van der Waals surface area contributed by atoms with Gasteiger partial charge in [0.2, 0.25) is 0 Å². The molecule has 0 saturated heterocycles. The second kappa shape index (κ2) is 6.54. The molecule has 0 heterocycles. The number of rotatable bonds is 8. The fourth-order valence-electron chi connectivity index (χ4n) is 1.85. The zero-order valence-corrected chi connectivity index (χ0v) is 9.89. The molecule has 6 heteroatoms. The van der Waals surface area contributed by atoms with E-state index in [1.165, 1.54) is 0 Å². The van der Waals surface area contributed by atoms with E-state index in [1.807, 2.05) is 6.92 Å². The van der Waals surface area contributed by atoms with E-state index in [0.29, 0.717) is 5.92 Å². The Bertz CT molecular complexity index is 222. The van der Waals surface area contributed by atoms with Crippen LogP contribution in [0, 0.1) is 5.92 Å². The zero-order valence-electron chi connectivity index (χ0n) is 9.89. The van der Waals surface area contributed by atoms with Gasteiger partial charge in [-0.3, -0.25) is 0 Å². The summed E-state index contributed by atoms with van der Waals surface area (Å²) in [4.78, 5) is 0. The Kier molecular flexibility index (Phi) is 5.66. The molecule has 0 radical (unpaired) electrons. The quantitative estimate of drug-likeness (QED) is 0.675. The third-order valence-corrected chi connectivity index (χ3v) is 3.10. The van der Waals surface area contributed by atoms with E-state index in [0.717, 1.165) is 25.8 Å². The van der Waals surface area contributed by atoms with Gasteiger partial charge in [-0.2, -0.15) is 8.78 Å². The lowest BCUT2D eigenvalue weighted by atomic mass is 9.80. The average molecular weight is 257 g/mol. The van der Waals surface area contributed by atoms with Crippen molar-refractivity contribution in [3.63, 3.8) is 0 Å². The third kappa shape index (κ3) is 4.43. The molecule has 1 unspecified atom stereocenters. The average Bonchev–Trinajstić information content (AvgIpc) is 2.14. The lowest BCUT2D eigenvalue weighted by Crippen LogP contribution is -2.44. The molecular weight excluding hydrogens is 238 g/mol. The van der Waals surface area contributed by atoms with Gasteiger partial charge in [0.15, 0.2) is 0 Å². The van der Waals surface area contributed by atoms with Crippen LogP contribution in [0.4, 0.5) is 17.6 Å². The first-order valence-electron chi connectivity index (χ1n) is 5.94.